The Morgan fingerprint density at radius 3 is 3.11 bits per heavy atom. The van der Waals surface area contributed by atoms with E-state index in [1.54, 1.807) is 12.3 Å². The van der Waals surface area contributed by atoms with Crippen LogP contribution >= 0.6 is 0 Å². The molecule has 1 aromatic rings. The molecule has 2 heterocycles. The van der Waals surface area contributed by atoms with Gasteiger partial charge in [0, 0.05) is 31.3 Å². The van der Waals surface area contributed by atoms with E-state index < -0.39 is 0 Å². The molecule has 2 atom stereocenters. The minimum Gasteiger partial charge on any atom is -0.397 e. The molecule has 0 saturated carbocycles. The number of nitrogens with one attached hydrogen (secondary N) is 1. The van der Waals surface area contributed by atoms with Crippen LogP contribution in [0.3, 0.4) is 0 Å². The molecule has 0 bridgehead atoms. The van der Waals surface area contributed by atoms with Crippen LogP contribution in [0.15, 0.2) is 12.3 Å². The summed E-state index contributed by atoms with van der Waals surface area (Å²) >= 11 is 0. The number of hydrogen-bond donors (Lipinski definition) is 2. The Bertz CT molecular complexity index is 422. The van der Waals surface area contributed by atoms with Crippen molar-refractivity contribution in [2.75, 3.05) is 18.9 Å². The summed E-state index contributed by atoms with van der Waals surface area (Å²) in [5, 5.41) is 3.03. The lowest BCUT2D eigenvalue weighted by Gasteiger charge is -2.19. The molecule has 2 rings (SSSR count). The summed E-state index contributed by atoms with van der Waals surface area (Å²) in [5.74, 6) is 0.351. The van der Waals surface area contributed by atoms with E-state index in [4.69, 9.17) is 10.5 Å². The summed E-state index contributed by atoms with van der Waals surface area (Å²) in [6, 6.07) is 1.85. The Kier molecular flexibility index (Phi) is 3.91. The Hall–Kier alpha value is -1.49. The highest BCUT2D eigenvalue weighted by molar-refractivity contribution is 5.94. The minimum atomic E-state index is -0.0621. The van der Waals surface area contributed by atoms with E-state index in [-0.39, 0.29) is 11.9 Å². The van der Waals surface area contributed by atoms with E-state index in [0.29, 0.717) is 17.3 Å². The molecule has 1 fully saturated rings. The minimum absolute atomic E-state index is 0.0621. The fourth-order valence-corrected chi connectivity index (χ4v) is 2.33. The topological polar surface area (TPSA) is 69.3 Å². The number of amides is 1. The van der Waals surface area contributed by atoms with Gasteiger partial charge in [-0.25, -0.2) is 0 Å². The highest BCUT2D eigenvalue weighted by Crippen LogP contribution is 2.17. The van der Waals surface area contributed by atoms with Crippen molar-refractivity contribution in [1.82, 2.24) is 9.88 Å². The molecular formula is C13H21N3O2. The number of aryl methyl sites for hydroxylation is 1. The van der Waals surface area contributed by atoms with Crippen LogP contribution in [0.4, 0.5) is 5.69 Å². The summed E-state index contributed by atoms with van der Waals surface area (Å²) in [7, 11) is 0. The predicted octanol–water partition coefficient (Wildman–Crippen LogP) is 1.24. The van der Waals surface area contributed by atoms with Crippen LogP contribution in [0.25, 0.3) is 0 Å². The quantitative estimate of drug-likeness (QED) is 0.846. The van der Waals surface area contributed by atoms with E-state index in [0.717, 1.165) is 26.2 Å². The molecule has 1 amide bonds. The third-order valence-electron chi connectivity index (χ3n) is 3.52. The number of hydrogen-bond acceptors (Lipinski definition) is 3. The van der Waals surface area contributed by atoms with Gasteiger partial charge in [0.15, 0.2) is 0 Å². The molecule has 2 unspecified atom stereocenters. The zero-order valence-electron chi connectivity index (χ0n) is 11.0. The smallest absolute Gasteiger partial charge is 0.268 e. The first-order valence-corrected chi connectivity index (χ1v) is 6.46. The molecule has 5 nitrogen and oxygen atoms in total. The van der Waals surface area contributed by atoms with Gasteiger partial charge < -0.3 is 20.4 Å². The maximum Gasteiger partial charge on any atom is 0.268 e. The first-order chi connectivity index (χ1) is 8.61. The SMILES string of the molecule is CCn1cc(N)cc1C(=O)NC(C)C1CCOC1. The molecule has 3 N–H and O–H groups in total. The third kappa shape index (κ3) is 2.67. The van der Waals surface area contributed by atoms with Crippen LogP contribution in [0, 0.1) is 5.92 Å². The van der Waals surface area contributed by atoms with Crippen molar-refractivity contribution in [3.63, 3.8) is 0 Å². The standard InChI is InChI=1S/C13H21N3O2/c1-3-16-7-11(14)6-12(16)13(17)15-9(2)10-4-5-18-8-10/h6-7,9-10H,3-5,8,14H2,1-2H3,(H,15,17). The number of rotatable bonds is 4. The Labute approximate surface area is 107 Å². The molecule has 1 aromatic heterocycles. The van der Waals surface area contributed by atoms with Crippen LogP contribution in [0.2, 0.25) is 0 Å². The van der Waals surface area contributed by atoms with Gasteiger partial charge in [0.2, 0.25) is 0 Å². The molecule has 0 aliphatic carbocycles. The Balaban J connectivity index is 2.02. The fourth-order valence-electron chi connectivity index (χ4n) is 2.33. The summed E-state index contributed by atoms with van der Waals surface area (Å²) in [6.07, 6.45) is 2.80. The molecule has 0 radical (unpaired) electrons. The van der Waals surface area contributed by atoms with E-state index in [9.17, 15) is 4.79 Å². The lowest BCUT2D eigenvalue weighted by Crippen LogP contribution is -2.39. The second kappa shape index (κ2) is 5.44. The predicted molar refractivity (Wildman–Crippen MR) is 70.4 cm³/mol. The van der Waals surface area contributed by atoms with E-state index in [2.05, 4.69) is 5.32 Å². The molecule has 0 spiro atoms. The van der Waals surface area contributed by atoms with Gasteiger partial charge in [-0.15, -0.1) is 0 Å². The fraction of sp³-hybridized carbons (Fsp3) is 0.615. The molecular weight excluding hydrogens is 230 g/mol. The van der Waals surface area contributed by atoms with Gasteiger partial charge in [0.25, 0.3) is 5.91 Å². The summed E-state index contributed by atoms with van der Waals surface area (Å²) in [6.45, 7) is 6.28. The average Bonchev–Trinajstić information content (AvgIpc) is 2.96. The summed E-state index contributed by atoms with van der Waals surface area (Å²) in [5.41, 5.74) is 6.97. The van der Waals surface area contributed by atoms with Crippen molar-refractivity contribution in [2.24, 2.45) is 5.92 Å². The van der Waals surface area contributed by atoms with Gasteiger partial charge in [-0.2, -0.15) is 0 Å². The zero-order chi connectivity index (χ0) is 13.1. The number of nitrogens with zero attached hydrogens (tertiary/aromatic N) is 1. The van der Waals surface area contributed by atoms with E-state index in [1.807, 2.05) is 18.4 Å². The van der Waals surface area contributed by atoms with Gasteiger partial charge in [-0.3, -0.25) is 4.79 Å². The lowest BCUT2D eigenvalue weighted by molar-refractivity contribution is 0.0913. The number of ether oxygens (including phenoxy) is 1. The normalized spacial score (nSPS) is 20.9. The zero-order valence-corrected chi connectivity index (χ0v) is 11.0. The van der Waals surface area contributed by atoms with Crippen LogP contribution in [-0.4, -0.2) is 29.7 Å². The van der Waals surface area contributed by atoms with Crippen LogP contribution in [0.1, 0.15) is 30.8 Å². The van der Waals surface area contributed by atoms with Gasteiger partial charge in [-0.1, -0.05) is 0 Å². The molecule has 100 valence electrons. The molecule has 5 heteroatoms. The van der Waals surface area contributed by atoms with Crippen molar-refractivity contribution in [3.8, 4) is 0 Å². The van der Waals surface area contributed by atoms with Gasteiger partial charge in [-0.05, 0) is 26.3 Å². The monoisotopic (exact) mass is 251 g/mol. The number of nitrogens with two attached hydrogens (primary N) is 1. The second-order valence-electron chi connectivity index (χ2n) is 4.83. The Morgan fingerprint density at radius 1 is 1.72 bits per heavy atom. The lowest BCUT2D eigenvalue weighted by atomic mass is 10.0. The molecule has 18 heavy (non-hydrogen) atoms. The number of nitrogen functional groups attached to an aromatic ring is 1. The van der Waals surface area contributed by atoms with Crippen molar-refractivity contribution in [3.05, 3.63) is 18.0 Å². The van der Waals surface area contributed by atoms with Gasteiger partial charge in [0.05, 0.1) is 12.3 Å². The van der Waals surface area contributed by atoms with Crippen molar-refractivity contribution < 1.29 is 9.53 Å². The van der Waals surface area contributed by atoms with Crippen molar-refractivity contribution >= 4 is 11.6 Å². The highest BCUT2D eigenvalue weighted by Gasteiger charge is 2.24. The van der Waals surface area contributed by atoms with Crippen LogP contribution < -0.4 is 11.1 Å². The average molecular weight is 251 g/mol. The Morgan fingerprint density at radius 2 is 2.50 bits per heavy atom. The summed E-state index contributed by atoms with van der Waals surface area (Å²) < 4.78 is 7.20. The summed E-state index contributed by atoms with van der Waals surface area (Å²) in [4.78, 5) is 12.2. The van der Waals surface area contributed by atoms with Crippen molar-refractivity contribution in [2.45, 2.75) is 32.9 Å². The number of carbonyl (C=O) groups excluding carboxylic acids is 1. The maximum atomic E-state index is 12.2. The van der Waals surface area contributed by atoms with Crippen LogP contribution in [-0.2, 0) is 11.3 Å². The van der Waals surface area contributed by atoms with Gasteiger partial charge in [0.1, 0.15) is 5.69 Å². The highest BCUT2D eigenvalue weighted by atomic mass is 16.5. The number of carbonyl (C=O) groups is 1. The third-order valence-corrected chi connectivity index (χ3v) is 3.52. The molecule has 1 aliphatic rings. The van der Waals surface area contributed by atoms with E-state index >= 15 is 0 Å². The maximum absolute atomic E-state index is 12.2. The van der Waals surface area contributed by atoms with E-state index in [1.165, 1.54) is 0 Å². The molecule has 1 saturated heterocycles. The first-order valence-electron chi connectivity index (χ1n) is 6.46. The van der Waals surface area contributed by atoms with Crippen LogP contribution in [0.5, 0.6) is 0 Å². The number of aromatic nitrogens is 1. The van der Waals surface area contributed by atoms with Crippen molar-refractivity contribution in [1.29, 1.82) is 0 Å². The second-order valence-corrected chi connectivity index (χ2v) is 4.83. The first kappa shape index (κ1) is 13.0. The largest absolute Gasteiger partial charge is 0.397 e. The van der Waals surface area contributed by atoms with Gasteiger partial charge >= 0.3 is 0 Å². The molecule has 0 aromatic carbocycles. The molecule has 1 aliphatic heterocycles. The number of anilines is 1.